The molecule has 1 amide bonds. The van der Waals surface area contributed by atoms with E-state index < -0.39 is 27.5 Å². The minimum absolute atomic E-state index is 0.00343. The van der Waals surface area contributed by atoms with Crippen molar-refractivity contribution in [2.45, 2.75) is 17.2 Å². The Bertz CT molecular complexity index is 1840. The highest BCUT2D eigenvalue weighted by Crippen LogP contribution is 2.56. The summed E-state index contributed by atoms with van der Waals surface area (Å²) in [6, 6.07) is 21.1. The summed E-state index contributed by atoms with van der Waals surface area (Å²) in [5.41, 5.74) is -1.48. The number of carbonyl (C=O) groups excluding carboxylic acids is 1. The number of amides is 1. The molecule has 1 aliphatic rings. The van der Waals surface area contributed by atoms with Crippen LogP contribution in [0.3, 0.4) is 0 Å². The average Bonchev–Trinajstić information content (AvgIpc) is 3.25. The van der Waals surface area contributed by atoms with Gasteiger partial charge in [0.25, 0.3) is 15.9 Å². The Kier molecular flexibility index (Phi) is 7.96. The Labute approximate surface area is 253 Å². The van der Waals surface area contributed by atoms with Crippen molar-refractivity contribution in [2.24, 2.45) is 0 Å². The normalized spacial score (nSPS) is 16.0. The maximum absolute atomic E-state index is 15.1. The number of methoxy groups -OCH3 is 2. The van der Waals surface area contributed by atoms with E-state index in [-0.39, 0.29) is 56.2 Å². The molecule has 1 N–H and O–H groups in total. The van der Waals surface area contributed by atoms with Gasteiger partial charge < -0.3 is 24.1 Å². The van der Waals surface area contributed by atoms with Crippen molar-refractivity contribution in [2.75, 3.05) is 25.1 Å². The number of hydrogen-bond donors (Lipinski definition) is 1. The molecule has 10 nitrogen and oxygen atoms in total. The number of nitrogens with zero attached hydrogens (tertiary/aromatic N) is 1. The van der Waals surface area contributed by atoms with E-state index in [1.54, 1.807) is 43.3 Å². The lowest BCUT2D eigenvalue weighted by atomic mass is 9.69. The Hall–Kier alpha value is -4.74. The highest BCUT2D eigenvalue weighted by molar-refractivity contribution is 7.93. The number of ether oxygens (including phenoxy) is 4. The maximum atomic E-state index is 15.1. The highest BCUT2D eigenvalue weighted by atomic mass is 35.5. The standard InChI is InChI=1S/C31H26ClNO9S/c1-4-41-25-11-7-5-9-21(25)31(22-10-6-8-12-26(22)42-30(35)36)23-17-19(32)13-15-24(23)33(29(31)34)43(37,38)28-16-14-20(39-2)18-27(28)40-3/h5-18H,4H2,1-3H3,(H,35,36). The van der Waals surface area contributed by atoms with Crippen LogP contribution in [-0.4, -0.2) is 46.4 Å². The van der Waals surface area contributed by atoms with Crippen LogP contribution in [0, 0.1) is 0 Å². The third-order valence-corrected chi connectivity index (χ3v) is 9.03. The van der Waals surface area contributed by atoms with Gasteiger partial charge in [0.15, 0.2) is 0 Å². The van der Waals surface area contributed by atoms with Crippen LogP contribution in [0.5, 0.6) is 23.0 Å². The molecule has 1 aliphatic heterocycles. The molecule has 1 heterocycles. The molecule has 0 saturated carbocycles. The molecular weight excluding hydrogens is 598 g/mol. The highest BCUT2D eigenvalue weighted by Gasteiger charge is 2.59. The minimum atomic E-state index is -4.67. The van der Waals surface area contributed by atoms with Crippen molar-refractivity contribution < 1.29 is 42.1 Å². The summed E-state index contributed by atoms with van der Waals surface area (Å²) >= 11 is 6.49. The van der Waals surface area contributed by atoms with Gasteiger partial charge in [-0.2, -0.15) is 0 Å². The van der Waals surface area contributed by atoms with Crippen molar-refractivity contribution in [1.29, 1.82) is 0 Å². The number of sulfonamides is 1. The van der Waals surface area contributed by atoms with Crippen molar-refractivity contribution >= 4 is 39.4 Å². The van der Waals surface area contributed by atoms with Crippen LogP contribution >= 0.6 is 11.6 Å². The molecule has 12 heteroatoms. The number of halogens is 1. The Morgan fingerprint density at radius 3 is 2.14 bits per heavy atom. The zero-order valence-electron chi connectivity index (χ0n) is 23.2. The van der Waals surface area contributed by atoms with Crippen LogP contribution in [0.2, 0.25) is 5.02 Å². The predicted octanol–water partition coefficient (Wildman–Crippen LogP) is 5.88. The Balaban J connectivity index is 1.91. The molecule has 0 fully saturated rings. The van der Waals surface area contributed by atoms with E-state index >= 15 is 4.79 Å². The van der Waals surface area contributed by atoms with Gasteiger partial charge in [-0.05, 0) is 49.4 Å². The van der Waals surface area contributed by atoms with E-state index in [1.165, 1.54) is 62.8 Å². The fourth-order valence-corrected chi connectivity index (χ4v) is 7.15. The van der Waals surface area contributed by atoms with Crippen molar-refractivity contribution in [1.82, 2.24) is 0 Å². The van der Waals surface area contributed by atoms with Crippen molar-refractivity contribution in [3.05, 3.63) is 107 Å². The molecule has 0 radical (unpaired) electrons. The van der Waals surface area contributed by atoms with Crippen LogP contribution in [0.4, 0.5) is 10.5 Å². The van der Waals surface area contributed by atoms with E-state index in [4.69, 9.17) is 30.5 Å². The van der Waals surface area contributed by atoms with Gasteiger partial charge in [0.05, 0.1) is 26.5 Å². The number of fused-ring (bicyclic) bond motifs is 1. The molecule has 222 valence electrons. The topological polar surface area (TPSA) is 129 Å². The zero-order chi connectivity index (χ0) is 30.9. The fraction of sp³-hybridized carbons (Fsp3) is 0.161. The van der Waals surface area contributed by atoms with Gasteiger partial charge in [-0.3, -0.25) is 4.79 Å². The van der Waals surface area contributed by atoms with Gasteiger partial charge in [-0.25, -0.2) is 17.5 Å². The summed E-state index contributed by atoms with van der Waals surface area (Å²) in [4.78, 5) is 26.6. The van der Waals surface area contributed by atoms with E-state index in [0.717, 1.165) is 0 Å². The number of para-hydroxylation sites is 2. The smallest absolute Gasteiger partial charge is 0.497 e. The monoisotopic (exact) mass is 623 g/mol. The van der Waals surface area contributed by atoms with Gasteiger partial charge in [-0.15, -0.1) is 0 Å². The maximum Gasteiger partial charge on any atom is 0.511 e. The van der Waals surface area contributed by atoms with Gasteiger partial charge in [0.1, 0.15) is 33.3 Å². The van der Waals surface area contributed by atoms with Crippen molar-refractivity contribution in [3.63, 3.8) is 0 Å². The van der Waals surface area contributed by atoms with Gasteiger partial charge in [-0.1, -0.05) is 48.0 Å². The quantitative estimate of drug-likeness (QED) is 0.179. The lowest BCUT2D eigenvalue weighted by Crippen LogP contribution is -2.45. The molecule has 43 heavy (non-hydrogen) atoms. The molecule has 5 rings (SSSR count). The van der Waals surface area contributed by atoms with Gasteiger partial charge >= 0.3 is 6.16 Å². The summed E-state index contributed by atoms with van der Waals surface area (Å²) in [5, 5.41) is 9.79. The molecule has 4 aromatic carbocycles. The van der Waals surface area contributed by atoms with E-state index in [9.17, 15) is 18.3 Å². The summed E-state index contributed by atoms with van der Waals surface area (Å²) in [7, 11) is -1.94. The van der Waals surface area contributed by atoms with Crippen LogP contribution in [0.1, 0.15) is 23.6 Å². The van der Waals surface area contributed by atoms with Crippen LogP contribution in [0.15, 0.2) is 89.8 Å². The lowest BCUT2D eigenvalue weighted by Gasteiger charge is -2.32. The minimum Gasteiger partial charge on any atom is -0.497 e. The largest absolute Gasteiger partial charge is 0.511 e. The molecular formula is C31H26ClNO9S. The Morgan fingerprint density at radius 2 is 1.51 bits per heavy atom. The Morgan fingerprint density at radius 1 is 0.860 bits per heavy atom. The summed E-state index contributed by atoms with van der Waals surface area (Å²) in [6.07, 6.45) is -1.62. The lowest BCUT2D eigenvalue weighted by molar-refractivity contribution is -0.119. The van der Waals surface area contributed by atoms with Gasteiger partial charge in [0, 0.05) is 27.8 Å². The first-order valence-corrected chi connectivity index (χ1v) is 14.8. The van der Waals surface area contributed by atoms with E-state index in [2.05, 4.69) is 0 Å². The third kappa shape index (κ3) is 4.80. The molecule has 0 spiro atoms. The van der Waals surface area contributed by atoms with E-state index in [1.807, 2.05) is 0 Å². The predicted molar refractivity (Wildman–Crippen MR) is 158 cm³/mol. The first-order valence-electron chi connectivity index (χ1n) is 13.0. The molecule has 1 unspecified atom stereocenters. The molecule has 0 aromatic heterocycles. The number of carboxylic acid groups (broad SMARTS) is 1. The first-order chi connectivity index (χ1) is 20.6. The number of rotatable bonds is 9. The van der Waals surface area contributed by atoms with Crippen LogP contribution in [-0.2, 0) is 20.2 Å². The van der Waals surface area contributed by atoms with Gasteiger partial charge in [0.2, 0.25) is 0 Å². The second-order valence-corrected chi connectivity index (χ2v) is 11.5. The SMILES string of the molecule is CCOc1ccccc1C1(c2ccccc2OC(=O)O)C(=O)N(S(=O)(=O)c2ccc(OC)cc2OC)c2ccc(Cl)cc21. The molecule has 0 saturated heterocycles. The average molecular weight is 624 g/mol. The number of hydrogen-bond acceptors (Lipinski definition) is 8. The van der Waals surface area contributed by atoms with Crippen LogP contribution < -0.4 is 23.3 Å². The summed E-state index contributed by atoms with van der Waals surface area (Å²) in [6.45, 7) is 1.99. The summed E-state index contributed by atoms with van der Waals surface area (Å²) < 4.78 is 51.4. The second-order valence-electron chi connectivity index (χ2n) is 9.30. The third-order valence-electron chi connectivity index (χ3n) is 7.05. The van der Waals surface area contributed by atoms with E-state index in [0.29, 0.717) is 10.1 Å². The first kappa shape index (κ1) is 29.7. The number of anilines is 1. The molecule has 0 bridgehead atoms. The van der Waals surface area contributed by atoms with Crippen molar-refractivity contribution in [3.8, 4) is 23.0 Å². The fourth-order valence-electron chi connectivity index (χ4n) is 5.37. The number of carbonyl (C=O) groups is 2. The second kappa shape index (κ2) is 11.5. The number of benzene rings is 4. The molecule has 1 atom stereocenters. The van der Waals surface area contributed by atoms with Crippen LogP contribution in [0.25, 0.3) is 0 Å². The summed E-state index contributed by atoms with van der Waals surface area (Å²) in [5.74, 6) is -0.547. The molecule has 4 aromatic rings. The zero-order valence-corrected chi connectivity index (χ0v) is 24.8. The molecule has 0 aliphatic carbocycles.